The summed E-state index contributed by atoms with van der Waals surface area (Å²) in [5.74, 6) is 0. The fourth-order valence-electron chi connectivity index (χ4n) is 1.61. The van der Waals surface area contributed by atoms with E-state index in [2.05, 4.69) is 29.3 Å². The zero-order valence-electron chi connectivity index (χ0n) is 11.7. The summed E-state index contributed by atoms with van der Waals surface area (Å²) in [6, 6.07) is 6.25. The molecule has 96 valence electrons. The van der Waals surface area contributed by atoms with Crippen molar-refractivity contribution in [3.05, 3.63) is 23.8 Å². The Balaban J connectivity index is 2.90. The highest BCUT2D eigenvalue weighted by Crippen LogP contribution is 2.24. The first-order chi connectivity index (χ1) is 7.71. The fraction of sp³-hybridized carbons (Fsp3) is 0.571. The molecule has 1 atom stereocenters. The van der Waals surface area contributed by atoms with Crippen LogP contribution in [0.1, 0.15) is 26.3 Å². The Labute approximate surface area is 104 Å². The number of benzene rings is 1. The summed E-state index contributed by atoms with van der Waals surface area (Å²) in [7, 11) is 4.07. The fourth-order valence-corrected chi connectivity index (χ4v) is 1.61. The quantitative estimate of drug-likeness (QED) is 0.843. The van der Waals surface area contributed by atoms with E-state index in [-0.39, 0.29) is 6.04 Å². The molecule has 0 saturated carbocycles. The van der Waals surface area contributed by atoms with Crippen molar-refractivity contribution in [2.75, 3.05) is 24.3 Å². The minimum atomic E-state index is -0.733. The zero-order chi connectivity index (χ0) is 13.2. The molecule has 0 saturated heterocycles. The largest absolute Gasteiger partial charge is 0.388 e. The number of rotatable bonds is 4. The number of nitrogens with one attached hydrogen (secondary N) is 1. The first kappa shape index (κ1) is 13.8. The molecule has 0 bridgehead atoms. The van der Waals surface area contributed by atoms with Crippen molar-refractivity contribution >= 4 is 11.4 Å². The molecule has 0 spiro atoms. The number of hydrogen-bond acceptors (Lipinski definition) is 3. The number of anilines is 2. The van der Waals surface area contributed by atoms with Gasteiger partial charge in [-0.15, -0.1) is 0 Å². The van der Waals surface area contributed by atoms with Gasteiger partial charge in [0.2, 0.25) is 0 Å². The van der Waals surface area contributed by atoms with Crippen molar-refractivity contribution < 1.29 is 5.11 Å². The Hall–Kier alpha value is -1.22. The van der Waals surface area contributed by atoms with Gasteiger partial charge in [0.05, 0.1) is 11.6 Å². The monoisotopic (exact) mass is 236 g/mol. The van der Waals surface area contributed by atoms with Crippen LogP contribution >= 0.6 is 0 Å². The van der Waals surface area contributed by atoms with Crippen LogP contribution in [0.25, 0.3) is 0 Å². The maximum absolute atomic E-state index is 9.91. The van der Waals surface area contributed by atoms with Crippen molar-refractivity contribution in [3.8, 4) is 0 Å². The molecule has 0 heterocycles. The second-order valence-electron chi connectivity index (χ2n) is 5.42. The van der Waals surface area contributed by atoms with E-state index in [9.17, 15) is 5.11 Å². The van der Waals surface area contributed by atoms with Gasteiger partial charge in [0, 0.05) is 25.5 Å². The van der Waals surface area contributed by atoms with Gasteiger partial charge in [-0.25, -0.2) is 0 Å². The molecule has 0 aromatic heterocycles. The normalized spacial score (nSPS) is 13.4. The van der Waals surface area contributed by atoms with Gasteiger partial charge < -0.3 is 15.3 Å². The summed E-state index contributed by atoms with van der Waals surface area (Å²) in [6.45, 7) is 7.70. The highest BCUT2D eigenvalue weighted by molar-refractivity contribution is 5.62. The molecule has 1 aromatic rings. The maximum atomic E-state index is 9.91. The standard InChI is InChI=1S/C14H24N2O/c1-10-7-8-12(9-13(10)16(5)6)15-11(2)14(3,4)17/h7-9,11,15,17H,1-6H3. The Kier molecular flexibility index (Phi) is 4.04. The first-order valence-corrected chi connectivity index (χ1v) is 5.98. The smallest absolute Gasteiger partial charge is 0.0789 e. The Bertz CT molecular complexity index is 380. The van der Waals surface area contributed by atoms with Crippen molar-refractivity contribution in [1.29, 1.82) is 0 Å². The van der Waals surface area contributed by atoms with E-state index in [0.717, 1.165) is 5.69 Å². The van der Waals surface area contributed by atoms with Crippen molar-refractivity contribution in [3.63, 3.8) is 0 Å². The average Bonchev–Trinajstić information content (AvgIpc) is 2.19. The van der Waals surface area contributed by atoms with Crippen LogP contribution in [0.15, 0.2) is 18.2 Å². The Morgan fingerprint density at radius 2 is 1.88 bits per heavy atom. The molecule has 3 heteroatoms. The second kappa shape index (κ2) is 4.96. The van der Waals surface area contributed by atoms with Gasteiger partial charge in [-0.05, 0) is 45.4 Å². The highest BCUT2D eigenvalue weighted by atomic mass is 16.3. The number of hydrogen-bond donors (Lipinski definition) is 2. The molecule has 0 amide bonds. The van der Waals surface area contributed by atoms with E-state index in [1.165, 1.54) is 11.3 Å². The van der Waals surface area contributed by atoms with Gasteiger partial charge >= 0.3 is 0 Å². The van der Waals surface area contributed by atoms with Gasteiger partial charge in [0.15, 0.2) is 0 Å². The molecule has 1 rings (SSSR count). The Morgan fingerprint density at radius 3 is 2.35 bits per heavy atom. The van der Waals surface area contributed by atoms with Crippen LogP contribution in [0.4, 0.5) is 11.4 Å². The van der Waals surface area contributed by atoms with Crippen molar-refractivity contribution in [2.45, 2.75) is 39.3 Å². The molecular weight excluding hydrogens is 212 g/mol. The van der Waals surface area contributed by atoms with Gasteiger partial charge in [-0.2, -0.15) is 0 Å². The molecule has 17 heavy (non-hydrogen) atoms. The molecule has 0 aliphatic carbocycles. The van der Waals surface area contributed by atoms with Crippen molar-refractivity contribution in [2.24, 2.45) is 0 Å². The molecule has 1 aromatic carbocycles. The molecular formula is C14H24N2O. The minimum Gasteiger partial charge on any atom is -0.388 e. The number of nitrogens with zero attached hydrogens (tertiary/aromatic N) is 1. The Morgan fingerprint density at radius 1 is 1.29 bits per heavy atom. The molecule has 1 unspecified atom stereocenters. The van der Waals surface area contributed by atoms with Crippen LogP contribution in [-0.4, -0.2) is 30.8 Å². The minimum absolute atomic E-state index is 0.000202. The van der Waals surface area contributed by atoms with E-state index < -0.39 is 5.60 Å². The third-order valence-corrected chi connectivity index (χ3v) is 3.13. The molecule has 0 aliphatic rings. The van der Waals surface area contributed by atoms with Crippen LogP contribution in [0.3, 0.4) is 0 Å². The molecule has 0 radical (unpaired) electrons. The summed E-state index contributed by atoms with van der Waals surface area (Å²) in [6.07, 6.45) is 0. The second-order valence-corrected chi connectivity index (χ2v) is 5.42. The predicted octanol–water partition coefficient (Wildman–Crippen LogP) is 2.63. The van der Waals surface area contributed by atoms with Gasteiger partial charge in [-0.1, -0.05) is 6.07 Å². The van der Waals surface area contributed by atoms with Crippen LogP contribution in [-0.2, 0) is 0 Å². The third kappa shape index (κ3) is 3.63. The summed E-state index contributed by atoms with van der Waals surface area (Å²) in [5.41, 5.74) is 2.74. The van der Waals surface area contributed by atoms with Crippen LogP contribution in [0.2, 0.25) is 0 Å². The number of aryl methyl sites for hydroxylation is 1. The molecule has 3 nitrogen and oxygen atoms in total. The van der Waals surface area contributed by atoms with E-state index >= 15 is 0 Å². The van der Waals surface area contributed by atoms with Crippen molar-refractivity contribution in [1.82, 2.24) is 0 Å². The average molecular weight is 236 g/mol. The lowest BCUT2D eigenvalue weighted by Gasteiger charge is -2.28. The van der Waals surface area contributed by atoms with Crippen LogP contribution < -0.4 is 10.2 Å². The molecule has 0 aliphatic heterocycles. The summed E-state index contributed by atoms with van der Waals surface area (Å²) in [4.78, 5) is 2.09. The summed E-state index contributed by atoms with van der Waals surface area (Å²) in [5, 5.41) is 13.2. The van der Waals surface area contributed by atoms with E-state index in [4.69, 9.17) is 0 Å². The van der Waals surface area contributed by atoms with E-state index in [1.54, 1.807) is 0 Å². The topological polar surface area (TPSA) is 35.5 Å². The van der Waals surface area contributed by atoms with E-state index in [1.807, 2.05) is 40.9 Å². The number of aliphatic hydroxyl groups is 1. The lowest BCUT2D eigenvalue weighted by Crippen LogP contribution is -2.39. The van der Waals surface area contributed by atoms with Gasteiger partial charge in [0.1, 0.15) is 0 Å². The van der Waals surface area contributed by atoms with E-state index in [0.29, 0.717) is 0 Å². The SMILES string of the molecule is Cc1ccc(NC(C)C(C)(C)O)cc1N(C)C. The first-order valence-electron chi connectivity index (χ1n) is 5.98. The van der Waals surface area contributed by atoms with Crippen LogP contribution in [0, 0.1) is 6.92 Å². The van der Waals surface area contributed by atoms with Gasteiger partial charge in [0.25, 0.3) is 0 Å². The summed E-state index contributed by atoms with van der Waals surface area (Å²) < 4.78 is 0. The lowest BCUT2D eigenvalue weighted by molar-refractivity contribution is 0.0649. The predicted molar refractivity (Wildman–Crippen MR) is 74.9 cm³/mol. The van der Waals surface area contributed by atoms with Gasteiger partial charge in [-0.3, -0.25) is 0 Å². The third-order valence-electron chi connectivity index (χ3n) is 3.13. The summed E-state index contributed by atoms with van der Waals surface area (Å²) >= 11 is 0. The zero-order valence-corrected chi connectivity index (χ0v) is 11.7. The van der Waals surface area contributed by atoms with Crippen LogP contribution in [0.5, 0.6) is 0 Å². The lowest BCUT2D eigenvalue weighted by atomic mass is 10.0. The molecule has 2 N–H and O–H groups in total. The molecule has 0 fully saturated rings. The maximum Gasteiger partial charge on any atom is 0.0789 e. The highest BCUT2D eigenvalue weighted by Gasteiger charge is 2.22.